The highest BCUT2D eigenvalue weighted by molar-refractivity contribution is 6.02. The van der Waals surface area contributed by atoms with E-state index in [2.05, 4.69) is 0 Å². The lowest BCUT2D eigenvalue weighted by atomic mass is 9.67. The van der Waals surface area contributed by atoms with E-state index < -0.39 is 11.4 Å². The molecular formula is C12H17NO4. The average molecular weight is 239 g/mol. The maximum atomic E-state index is 12.4. The fourth-order valence-electron chi connectivity index (χ4n) is 3.13. The van der Waals surface area contributed by atoms with Gasteiger partial charge in [-0.1, -0.05) is 6.42 Å². The number of nitrogens with zero attached hydrogens (tertiary/aromatic N) is 1. The number of rotatable bonds is 2. The van der Waals surface area contributed by atoms with Gasteiger partial charge in [0.15, 0.2) is 0 Å². The molecule has 0 aromatic rings. The van der Waals surface area contributed by atoms with Crippen LogP contribution in [0.15, 0.2) is 0 Å². The lowest BCUT2D eigenvalue weighted by Gasteiger charge is -2.42. The molecule has 0 spiro atoms. The molecule has 0 radical (unpaired) electrons. The van der Waals surface area contributed by atoms with Gasteiger partial charge in [0.2, 0.25) is 5.91 Å². The van der Waals surface area contributed by atoms with Crippen LogP contribution in [0.2, 0.25) is 0 Å². The van der Waals surface area contributed by atoms with Gasteiger partial charge in [-0.15, -0.1) is 0 Å². The Morgan fingerprint density at radius 3 is 2.18 bits per heavy atom. The van der Waals surface area contributed by atoms with Crippen LogP contribution in [0.3, 0.4) is 0 Å². The van der Waals surface area contributed by atoms with Crippen molar-refractivity contribution >= 4 is 11.9 Å². The van der Waals surface area contributed by atoms with E-state index in [1.807, 2.05) is 0 Å². The van der Waals surface area contributed by atoms with Crippen molar-refractivity contribution < 1.29 is 19.4 Å². The molecule has 2 saturated heterocycles. The minimum Gasteiger partial charge on any atom is -0.480 e. The standard InChI is InChI=1S/C12H17NO4/c14-10(12(11(15)16)4-1-5-12)13-6-8-2-3-9(7-13)17-8/h8-9H,1-7H2,(H,15,16). The molecule has 17 heavy (non-hydrogen) atoms. The molecule has 2 aliphatic heterocycles. The van der Waals surface area contributed by atoms with Crippen molar-refractivity contribution in [3.63, 3.8) is 0 Å². The molecule has 94 valence electrons. The Bertz CT molecular complexity index is 352. The predicted octanol–water partition coefficient (Wildman–Crippen LogP) is 0.631. The lowest BCUT2D eigenvalue weighted by Crippen LogP contribution is -2.56. The van der Waals surface area contributed by atoms with Crippen molar-refractivity contribution in [1.29, 1.82) is 0 Å². The van der Waals surface area contributed by atoms with Gasteiger partial charge in [0.25, 0.3) is 0 Å². The predicted molar refractivity (Wildman–Crippen MR) is 58.4 cm³/mol. The van der Waals surface area contributed by atoms with Crippen LogP contribution in [0.5, 0.6) is 0 Å². The summed E-state index contributed by atoms with van der Waals surface area (Å²) in [5, 5.41) is 9.25. The number of aliphatic carboxylic acids is 1. The molecule has 2 heterocycles. The number of carbonyl (C=O) groups is 2. The Kier molecular flexibility index (Phi) is 2.40. The van der Waals surface area contributed by atoms with Crippen molar-refractivity contribution in [2.75, 3.05) is 13.1 Å². The summed E-state index contributed by atoms with van der Waals surface area (Å²) in [5.41, 5.74) is -1.11. The molecule has 1 saturated carbocycles. The van der Waals surface area contributed by atoms with E-state index in [1.54, 1.807) is 4.90 Å². The summed E-state index contributed by atoms with van der Waals surface area (Å²) in [4.78, 5) is 25.4. The van der Waals surface area contributed by atoms with Gasteiger partial charge in [-0.3, -0.25) is 9.59 Å². The third-order valence-electron chi connectivity index (χ3n) is 4.36. The van der Waals surface area contributed by atoms with E-state index in [4.69, 9.17) is 4.74 Å². The van der Waals surface area contributed by atoms with Gasteiger partial charge in [-0.25, -0.2) is 0 Å². The molecule has 3 aliphatic rings. The van der Waals surface area contributed by atoms with Gasteiger partial charge < -0.3 is 14.7 Å². The van der Waals surface area contributed by atoms with Crippen molar-refractivity contribution in [3.8, 4) is 0 Å². The quantitative estimate of drug-likeness (QED) is 0.718. The number of carboxylic acids is 1. The number of carboxylic acid groups (broad SMARTS) is 1. The molecule has 1 amide bonds. The molecule has 2 unspecified atom stereocenters. The first-order chi connectivity index (χ1) is 8.12. The third-order valence-corrected chi connectivity index (χ3v) is 4.36. The molecule has 5 nitrogen and oxygen atoms in total. The van der Waals surface area contributed by atoms with E-state index in [-0.39, 0.29) is 18.1 Å². The largest absolute Gasteiger partial charge is 0.480 e. The van der Waals surface area contributed by atoms with E-state index in [9.17, 15) is 14.7 Å². The first-order valence-electron chi connectivity index (χ1n) is 6.30. The molecule has 2 bridgehead atoms. The monoisotopic (exact) mass is 239 g/mol. The fourth-order valence-corrected chi connectivity index (χ4v) is 3.13. The Labute approximate surface area is 99.7 Å². The first kappa shape index (κ1) is 11.0. The average Bonchev–Trinajstić information content (AvgIpc) is 2.55. The zero-order valence-electron chi connectivity index (χ0n) is 9.72. The van der Waals surface area contributed by atoms with Crippen molar-refractivity contribution in [3.05, 3.63) is 0 Å². The second kappa shape index (κ2) is 3.70. The highest BCUT2D eigenvalue weighted by Gasteiger charge is 2.54. The van der Waals surface area contributed by atoms with E-state index >= 15 is 0 Å². The molecule has 1 aliphatic carbocycles. The number of morpholine rings is 1. The topological polar surface area (TPSA) is 66.8 Å². The van der Waals surface area contributed by atoms with Crippen LogP contribution in [0.1, 0.15) is 32.1 Å². The van der Waals surface area contributed by atoms with Gasteiger partial charge in [0, 0.05) is 13.1 Å². The number of hydrogen-bond acceptors (Lipinski definition) is 3. The van der Waals surface area contributed by atoms with Gasteiger partial charge in [0.1, 0.15) is 5.41 Å². The molecule has 3 fully saturated rings. The van der Waals surface area contributed by atoms with Crippen LogP contribution in [0, 0.1) is 5.41 Å². The van der Waals surface area contributed by atoms with Crippen LogP contribution in [-0.2, 0) is 14.3 Å². The second-order valence-electron chi connectivity index (χ2n) is 5.41. The molecule has 0 aromatic carbocycles. The minimum atomic E-state index is -1.11. The molecule has 3 rings (SSSR count). The van der Waals surface area contributed by atoms with Crippen LogP contribution in [-0.4, -0.2) is 47.2 Å². The second-order valence-corrected chi connectivity index (χ2v) is 5.41. The Hall–Kier alpha value is -1.10. The van der Waals surface area contributed by atoms with E-state index in [0.717, 1.165) is 19.3 Å². The summed E-state index contributed by atoms with van der Waals surface area (Å²) < 4.78 is 5.66. The van der Waals surface area contributed by atoms with Crippen molar-refractivity contribution in [1.82, 2.24) is 4.90 Å². The molecule has 5 heteroatoms. The van der Waals surface area contributed by atoms with E-state index in [0.29, 0.717) is 25.9 Å². The van der Waals surface area contributed by atoms with Gasteiger partial charge in [-0.05, 0) is 25.7 Å². The smallest absolute Gasteiger partial charge is 0.319 e. The molecule has 2 atom stereocenters. The maximum absolute atomic E-state index is 12.4. The summed E-state index contributed by atoms with van der Waals surface area (Å²) in [6.45, 7) is 1.15. The lowest BCUT2D eigenvalue weighted by molar-refractivity contribution is -0.171. The Balaban J connectivity index is 1.76. The maximum Gasteiger partial charge on any atom is 0.319 e. The Morgan fingerprint density at radius 2 is 1.76 bits per heavy atom. The minimum absolute atomic E-state index is 0.128. The summed E-state index contributed by atoms with van der Waals surface area (Å²) in [7, 11) is 0. The van der Waals surface area contributed by atoms with Crippen LogP contribution in [0.25, 0.3) is 0 Å². The zero-order chi connectivity index (χ0) is 12.0. The fraction of sp³-hybridized carbons (Fsp3) is 0.833. The highest BCUT2D eigenvalue weighted by Crippen LogP contribution is 2.43. The van der Waals surface area contributed by atoms with Gasteiger partial charge in [0.05, 0.1) is 12.2 Å². The number of fused-ring (bicyclic) bond motifs is 2. The van der Waals surface area contributed by atoms with Crippen LogP contribution in [0.4, 0.5) is 0 Å². The molecular weight excluding hydrogens is 222 g/mol. The molecule has 1 N–H and O–H groups in total. The molecule has 0 aromatic heterocycles. The van der Waals surface area contributed by atoms with E-state index in [1.165, 1.54) is 0 Å². The zero-order valence-corrected chi connectivity index (χ0v) is 9.72. The van der Waals surface area contributed by atoms with Crippen molar-refractivity contribution in [2.45, 2.75) is 44.3 Å². The van der Waals surface area contributed by atoms with Gasteiger partial charge in [-0.2, -0.15) is 0 Å². The summed E-state index contributed by atoms with van der Waals surface area (Å²) in [6, 6.07) is 0. The highest BCUT2D eigenvalue weighted by atomic mass is 16.5. The normalized spacial score (nSPS) is 34.2. The van der Waals surface area contributed by atoms with Crippen LogP contribution >= 0.6 is 0 Å². The van der Waals surface area contributed by atoms with Crippen molar-refractivity contribution in [2.24, 2.45) is 5.41 Å². The number of ether oxygens (including phenoxy) is 1. The number of hydrogen-bond donors (Lipinski definition) is 1. The van der Waals surface area contributed by atoms with Gasteiger partial charge >= 0.3 is 5.97 Å². The number of amides is 1. The van der Waals surface area contributed by atoms with Crippen LogP contribution < -0.4 is 0 Å². The number of likely N-dealkylation sites (tertiary alicyclic amines) is 1. The summed E-state index contributed by atoms with van der Waals surface area (Å²) >= 11 is 0. The SMILES string of the molecule is O=C(O)C1(C(=O)N2CC3CCC(C2)O3)CCC1. The third kappa shape index (κ3) is 1.56. The summed E-state index contributed by atoms with van der Waals surface area (Å²) in [5.74, 6) is -1.14. The summed E-state index contributed by atoms with van der Waals surface area (Å²) in [6.07, 6.45) is 4.08. The Morgan fingerprint density at radius 1 is 1.18 bits per heavy atom. The first-order valence-corrected chi connectivity index (χ1v) is 6.30. The number of carbonyl (C=O) groups excluding carboxylic acids is 1.